The van der Waals surface area contributed by atoms with Gasteiger partial charge in [-0.1, -0.05) is 26.0 Å². The molecule has 14 heavy (non-hydrogen) atoms. The highest BCUT2D eigenvalue weighted by atomic mass is 16.2. The van der Waals surface area contributed by atoms with E-state index in [1.165, 1.54) is 4.68 Å². The first-order valence-corrected chi connectivity index (χ1v) is 4.54. The molecule has 2 rings (SSSR count). The monoisotopic (exact) mass is 191 g/mol. The van der Waals surface area contributed by atoms with Crippen molar-refractivity contribution in [1.29, 1.82) is 0 Å². The second-order valence-electron chi connectivity index (χ2n) is 4.10. The predicted octanol–water partition coefficient (Wildman–Crippen LogP) is 1.11. The van der Waals surface area contributed by atoms with Gasteiger partial charge in [-0.25, -0.2) is 9.48 Å². The third-order valence-electron chi connectivity index (χ3n) is 2.30. The number of rotatable bonds is 0. The van der Waals surface area contributed by atoms with Crippen molar-refractivity contribution in [3.63, 3.8) is 0 Å². The summed E-state index contributed by atoms with van der Waals surface area (Å²) in [5, 5.41) is 4.11. The molecule has 0 spiro atoms. The van der Waals surface area contributed by atoms with Crippen LogP contribution in [0.3, 0.4) is 0 Å². The lowest BCUT2D eigenvalue weighted by atomic mass is 9.93. The van der Waals surface area contributed by atoms with Crippen LogP contribution in [0.2, 0.25) is 0 Å². The molecule has 0 amide bonds. The van der Waals surface area contributed by atoms with Gasteiger partial charge in [0.2, 0.25) is 0 Å². The Bertz CT molecular complexity index is 474. The Hall–Kier alpha value is -1.58. The molecule has 4 nitrogen and oxygen atoms in total. The summed E-state index contributed by atoms with van der Waals surface area (Å²) in [5.41, 5.74) is -0.135. The van der Waals surface area contributed by atoms with Gasteiger partial charge in [0, 0.05) is 18.7 Å². The molecule has 0 unspecified atom stereocenters. The van der Waals surface area contributed by atoms with Crippen molar-refractivity contribution in [3.05, 3.63) is 28.5 Å². The summed E-state index contributed by atoms with van der Waals surface area (Å²) in [7, 11) is 1.65. The van der Waals surface area contributed by atoms with Crippen LogP contribution >= 0.6 is 0 Å². The fraction of sp³-hybridized carbons (Fsp3) is 0.400. The van der Waals surface area contributed by atoms with Gasteiger partial charge in [0.25, 0.3) is 0 Å². The number of aromatic nitrogens is 3. The SMILES string of the molecule is Cn1nc2n(c1=O)C=CC(C)(C)C=C2. The van der Waals surface area contributed by atoms with Gasteiger partial charge in [0.1, 0.15) is 0 Å². The van der Waals surface area contributed by atoms with Gasteiger partial charge in [0.15, 0.2) is 5.82 Å². The van der Waals surface area contributed by atoms with Crippen molar-refractivity contribution in [2.75, 3.05) is 0 Å². The highest BCUT2D eigenvalue weighted by Gasteiger charge is 2.15. The highest BCUT2D eigenvalue weighted by Crippen LogP contribution is 2.22. The minimum Gasteiger partial charge on any atom is -0.251 e. The molecule has 1 aliphatic heterocycles. The molecule has 1 aromatic heterocycles. The van der Waals surface area contributed by atoms with Crippen LogP contribution < -0.4 is 5.69 Å². The van der Waals surface area contributed by atoms with E-state index in [-0.39, 0.29) is 11.1 Å². The summed E-state index contributed by atoms with van der Waals surface area (Å²) in [6.45, 7) is 4.16. The van der Waals surface area contributed by atoms with Gasteiger partial charge >= 0.3 is 5.69 Å². The van der Waals surface area contributed by atoms with Crippen molar-refractivity contribution >= 4 is 12.3 Å². The number of aryl methyl sites for hydroxylation is 1. The standard InChI is InChI=1S/C10H13N3O/c1-10(2)5-4-8-11-12(3)9(14)13(8)7-6-10/h4-7H,1-3H3. The largest absolute Gasteiger partial charge is 0.350 e. The Morgan fingerprint density at radius 1 is 1.36 bits per heavy atom. The Morgan fingerprint density at radius 3 is 2.79 bits per heavy atom. The molecule has 1 aromatic rings. The van der Waals surface area contributed by atoms with E-state index in [1.54, 1.807) is 17.8 Å². The topological polar surface area (TPSA) is 39.8 Å². The van der Waals surface area contributed by atoms with Crippen LogP contribution in [0.4, 0.5) is 0 Å². The lowest BCUT2D eigenvalue weighted by Crippen LogP contribution is -2.19. The molecule has 0 radical (unpaired) electrons. The summed E-state index contributed by atoms with van der Waals surface area (Å²) < 4.78 is 2.88. The molecule has 4 heteroatoms. The van der Waals surface area contributed by atoms with Gasteiger partial charge in [-0.05, 0) is 6.08 Å². The van der Waals surface area contributed by atoms with Crippen molar-refractivity contribution < 1.29 is 0 Å². The van der Waals surface area contributed by atoms with Crippen molar-refractivity contribution in [2.24, 2.45) is 12.5 Å². The predicted molar refractivity (Wildman–Crippen MR) is 55.6 cm³/mol. The van der Waals surface area contributed by atoms with Crippen LogP contribution in [0.15, 0.2) is 16.9 Å². The zero-order valence-corrected chi connectivity index (χ0v) is 8.56. The van der Waals surface area contributed by atoms with E-state index < -0.39 is 0 Å². The Morgan fingerprint density at radius 2 is 2.07 bits per heavy atom. The molecule has 0 fully saturated rings. The molecule has 0 saturated carbocycles. The maximum atomic E-state index is 11.6. The zero-order chi connectivity index (χ0) is 10.3. The number of hydrogen-bond donors (Lipinski definition) is 0. The molecular formula is C10H13N3O. The van der Waals surface area contributed by atoms with E-state index in [2.05, 4.69) is 18.9 Å². The molecule has 0 N–H and O–H groups in total. The zero-order valence-electron chi connectivity index (χ0n) is 8.56. The van der Waals surface area contributed by atoms with Gasteiger partial charge in [-0.3, -0.25) is 4.57 Å². The van der Waals surface area contributed by atoms with E-state index in [9.17, 15) is 4.79 Å². The van der Waals surface area contributed by atoms with E-state index in [4.69, 9.17) is 0 Å². The smallest absolute Gasteiger partial charge is 0.251 e. The van der Waals surface area contributed by atoms with Gasteiger partial charge in [0.05, 0.1) is 0 Å². The number of allylic oxidation sites excluding steroid dienone is 2. The van der Waals surface area contributed by atoms with Crippen LogP contribution in [0, 0.1) is 5.41 Å². The average molecular weight is 191 g/mol. The van der Waals surface area contributed by atoms with Crippen LogP contribution in [0.1, 0.15) is 19.7 Å². The maximum Gasteiger partial charge on any atom is 0.350 e. The molecule has 0 atom stereocenters. The van der Waals surface area contributed by atoms with Crippen LogP contribution in [-0.4, -0.2) is 14.3 Å². The third-order valence-corrected chi connectivity index (χ3v) is 2.30. The van der Waals surface area contributed by atoms with Gasteiger partial charge < -0.3 is 0 Å². The van der Waals surface area contributed by atoms with E-state index in [0.29, 0.717) is 5.82 Å². The summed E-state index contributed by atoms with van der Waals surface area (Å²) in [6.07, 6.45) is 7.68. The Labute approximate surface area is 82.2 Å². The van der Waals surface area contributed by atoms with Gasteiger partial charge in [-0.2, -0.15) is 5.10 Å². The van der Waals surface area contributed by atoms with E-state index in [0.717, 1.165) is 0 Å². The van der Waals surface area contributed by atoms with Crippen molar-refractivity contribution in [2.45, 2.75) is 13.8 Å². The lowest BCUT2D eigenvalue weighted by Gasteiger charge is -2.11. The first-order chi connectivity index (χ1) is 6.49. The first kappa shape index (κ1) is 8.99. The molecule has 2 heterocycles. The average Bonchev–Trinajstić information content (AvgIpc) is 2.27. The molecule has 0 saturated heterocycles. The minimum atomic E-state index is -0.112. The second-order valence-corrected chi connectivity index (χ2v) is 4.10. The molecule has 0 bridgehead atoms. The second kappa shape index (κ2) is 2.70. The summed E-state index contributed by atoms with van der Waals surface area (Å²) in [4.78, 5) is 11.6. The molecule has 1 aliphatic rings. The van der Waals surface area contributed by atoms with Gasteiger partial charge in [-0.15, -0.1) is 0 Å². The summed E-state index contributed by atoms with van der Waals surface area (Å²) in [5.74, 6) is 0.680. The fourth-order valence-electron chi connectivity index (χ4n) is 1.36. The molecule has 0 aliphatic carbocycles. The highest BCUT2D eigenvalue weighted by molar-refractivity contribution is 5.50. The number of hydrogen-bond acceptors (Lipinski definition) is 2. The first-order valence-electron chi connectivity index (χ1n) is 4.54. The van der Waals surface area contributed by atoms with E-state index >= 15 is 0 Å². The third kappa shape index (κ3) is 1.32. The molecule has 0 aromatic carbocycles. The Balaban J connectivity index is 2.64. The summed E-state index contributed by atoms with van der Waals surface area (Å²) >= 11 is 0. The normalized spacial score (nSPS) is 17.9. The lowest BCUT2D eigenvalue weighted by molar-refractivity contribution is 0.631. The minimum absolute atomic E-state index is 0.0221. The number of nitrogens with zero attached hydrogens (tertiary/aromatic N) is 3. The van der Waals surface area contributed by atoms with Crippen molar-refractivity contribution in [1.82, 2.24) is 14.3 Å². The van der Waals surface area contributed by atoms with Crippen LogP contribution in [0.5, 0.6) is 0 Å². The quantitative estimate of drug-likeness (QED) is 0.616. The van der Waals surface area contributed by atoms with Crippen LogP contribution in [0.25, 0.3) is 12.3 Å². The molecular weight excluding hydrogens is 178 g/mol. The maximum absolute atomic E-state index is 11.6. The fourth-order valence-corrected chi connectivity index (χ4v) is 1.36. The van der Waals surface area contributed by atoms with E-state index in [1.807, 2.05) is 18.2 Å². The number of fused-ring (bicyclic) bond motifs is 1. The summed E-state index contributed by atoms with van der Waals surface area (Å²) in [6, 6.07) is 0. The van der Waals surface area contributed by atoms with Crippen LogP contribution in [-0.2, 0) is 7.05 Å². The van der Waals surface area contributed by atoms with Crippen molar-refractivity contribution in [3.8, 4) is 0 Å². The Kier molecular flexibility index (Phi) is 1.74. The molecule has 74 valence electrons.